The average molecular weight is 495 g/mol. The highest BCUT2D eigenvalue weighted by Gasteiger charge is 2.32. The summed E-state index contributed by atoms with van der Waals surface area (Å²) in [5, 5.41) is 5.49. The quantitative estimate of drug-likeness (QED) is 0.523. The molecule has 2 N–H and O–H groups in total. The van der Waals surface area contributed by atoms with E-state index in [-0.39, 0.29) is 36.0 Å². The van der Waals surface area contributed by atoms with Gasteiger partial charge in [0.15, 0.2) is 0 Å². The van der Waals surface area contributed by atoms with Gasteiger partial charge in [-0.1, -0.05) is 0 Å². The first-order valence-electron chi connectivity index (χ1n) is 11.7. The van der Waals surface area contributed by atoms with Gasteiger partial charge in [0.25, 0.3) is 0 Å². The first kappa shape index (κ1) is 25.0. The Morgan fingerprint density at radius 1 is 1.11 bits per heavy atom. The van der Waals surface area contributed by atoms with Crippen molar-refractivity contribution >= 4 is 17.5 Å². The molecule has 1 amide bonds. The number of carbonyl (C=O) groups is 1. The zero-order valence-electron chi connectivity index (χ0n) is 19.4. The third kappa shape index (κ3) is 6.97. The summed E-state index contributed by atoms with van der Waals surface area (Å²) in [6, 6.07) is 4.84. The Bertz CT molecular complexity index is 1010. The van der Waals surface area contributed by atoms with Crippen LogP contribution in [-0.2, 0) is 15.7 Å². The number of ether oxygens (including phenoxy) is 3. The van der Waals surface area contributed by atoms with Crippen LogP contribution in [-0.4, -0.2) is 48.3 Å². The number of hydrogen-bond donors (Lipinski definition) is 2. The molecule has 35 heavy (non-hydrogen) atoms. The second-order valence-electron chi connectivity index (χ2n) is 8.80. The van der Waals surface area contributed by atoms with Crippen molar-refractivity contribution in [1.29, 1.82) is 0 Å². The molecule has 4 rings (SSSR count). The zero-order chi connectivity index (χ0) is 24.8. The number of halogens is 3. The van der Waals surface area contributed by atoms with Crippen LogP contribution in [0.3, 0.4) is 0 Å². The fraction of sp³-hybridized carbons (Fsp3) is 0.542. The van der Waals surface area contributed by atoms with Crippen LogP contribution in [0.5, 0.6) is 11.6 Å². The highest BCUT2D eigenvalue weighted by molar-refractivity contribution is 5.92. The van der Waals surface area contributed by atoms with Crippen LogP contribution in [0.2, 0.25) is 0 Å². The van der Waals surface area contributed by atoms with E-state index < -0.39 is 11.7 Å². The molecule has 8 nitrogen and oxygen atoms in total. The maximum absolute atomic E-state index is 13.2. The van der Waals surface area contributed by atoms with E-state index in [1.54, 1.807) is 19.3 Å². The van der Waals surface area contributed by atoms with Crippen molar-refractivity contribution in [2.45, 2.75) is 56.9 Å². The van der Waals surface area contributed by atoms with E-state index in [1.165, 1.54) is 6.07 Å². The summed E-state index contributed by atoms with van der Waals surface area (Å²) in [4.78, 5) is 20.9. The number of anilines is 2. The lowest BCUT2D eigenvalue weighted by Crippen LogP contribution is -2.38. The van der Waals surface area contributed by atoms with Crippen molar-refractivity contribution in [1.82, 2.24) is 9.97 Å². The molecule has 1 aliphatic carbocycles. The van der Waals surface area contributed by atoms with E-state index in [1.807, 2.05) is 0 Å². The summed E-state index contributed by atoms with van der Waals surface area (Å²) < 4.78 is 56.2. The lowest BCUT2D eigenvalue weighted by molar-refractivity contribution is -0.137. The minimum Gasteiger partial charge on any atom is -0.483 e. The van der Waals surface area contributed by atoms with Crippen molar-refractivity contribution in [3.8, 4) is 11.6 Å². The first-order valence-corrected chi connectivity index (χ1v) is 11.7. The molecular weight excluding hydrogens is 465 g/mol. The molecule has 11 heteroatoms. The van der Waals surface area contributed by atoms with E-state index in [0.29, 0.717) is 37.4 Å². The number of amides is 1. The van der Waals surface area contributed by atoms with E-state index in [0.717, 1.165) is 37.8 Å². The highest BCUT2D eigenvalue weighted by atomic mass is 19.4. The van der Waals surface area contributed by atoms with Crippen LogP contribution in [0.15, 0.2) is 30.5 Å². The normalized spacial score (nSPS) is 20.6. The Kier molecular flexibility index (Phi) is 7.94. The number of nitrogens with one attached hydrogen (secondary N) is 2. The lowest BCUT2D eigenvalue weighted by Gasteiger charge is -2.29. The third-order valence-electron chi connectivity index (χ3n) is 6.20. The van der Waals surface area contributed by atoms with Gasteiger partial charge in [-0.3, -0.25) is 4.79 Å². The number of hydrogen-bond acceptors (Lipinski definition) is 7. The summed E-state index contributed by atoms with van der Waals surface area (Å²) in [5.74, 6) is 1.25. The molecule has 1 aromatic heterocycles. The fourth-order valence-corrected chi connectivity index (χ4v) is 4.15. The largest absolute Gasteiger partial charge is 0.483 e. The molecule has 0 radical (unpaired) electrons. The monoisotopic (exact) mass is 494 g/mol. The SMILES string of the molecule is CNc1nccc(O[C@H]2CC[C@H](CCC(=O)Nc3cc(C(F)(F)F)ccc3OC3COC3)CC2)n1. The first-order chi connectivity index (χ1) is 16.8. The van der Waals surface area contributed by atoms with Crippen LogP contribution >= 0.6 is 0 Å². The van der Waals surface area contributed by atoms with Crippen LogP contribution in [0.25, 0.3) is 0 Å². The molecule has 1 saturated heterocycles. The van der Waals surface area contributed by atoms with Gasteiger partial charge in [-0.15, -0.1) is 0 Å². The van der Waals surface area contributed by atoms with Gasteiger partial charge in [0.05, 0.1) is 24.5 Å². The zero-order valence-corrected chi connectivity index (χ0v) is 19.4. The van der Waals surface area contributed by atoms with Crippen LogP contribution < -0.4 is 20.1 Å². The number of nitrogens with zero attached hydrogens (tertiary/aromatic N) is 2. The molecule has 2 fully saturated rings. The summed E-state index contributed by atoms with van der Waals surface area (Å²) in [6.45, 7) is 0.739. The smallest absolute Gasteiger partial charge is 0.416 e. The minimum atomic E-state index is -4.52. The molecule has 1 saturated carbocycles. The molecule has 1 aliphatic heterocycles. The second-order valence-corrected chi connectivity index (χ2v) is 8.80. The Morgan fingerprint density at radius 3 is 2.54 bits per heavy atom. The molecule has 0 bridgehead atoms. The van der Waals surface area contributed by atoms with Crippen molar-refractivity contribution in [3.63, 3.8) is 0 Å². The van der Waals surface area contributed by atoms with Crippen LogP contribution in [0.4, 0.5) is 24.8 Å². The summed E-state index contributed by atoms with van der Waals surface area (Å²) >= 11 is 0. The molecule has 2 aliphatic rings. The number of benzene rings is 1. The molecule has 2 aromatic rings. The van der Waals surface area contributed by atoms with Gasteiger partial charge in [0.1, 0.15) is 18.0 Å². The maximum atomic E-state index is 13.2. The predicted molar refractivity (Wildman–Crippen MR) is 122 cm³/mol. The molecular formula is C24H29F3N4O4. The topological polar surface area (TPSA) is 94.6 Å². The number of alkyl halides is 3. The van der Waals surface area contributed by atoms with E-state index in [9.17, 15) is 18.0 Å². The van der Waals surface area contributed by atoms with Crippen LogP contribution in [0, 0.1) is 5.92 Å². The molecule has 0 atom stereocenters. The van der Waals surface area contributed by atoms with E-state index in [4.69, 9.17) is 14.2 Å². The van der Waals surface area contributed by atoms with Crippen molar-refractivity contribution in [2.75, 3.05) is 30.9 Å². The van der Waals surface area contributed by atoms with E-state index >= 15 is 0 Å². The Hall–Kier alpha value is -3.08. The fourth-order valence-electron chi connectivity index (χ4n) is 4.15. The third-order valence-corrected chi connectivity index (χ3v) is 6.20. The van der Waals surface area contributed by atoms with Gasteiger partial charge in [0, 0.05) is 25.7 Å². The van der Waals surface area contributed by atoms with Gasteiger partial charge < -0.3 is 24.8 Å². The van der Waals surface area contributed by atoms with Gasteiger partial charge in [0.2, 0.25) is 17.7 Å². The van der Waals surface area contributed by atoms with Gasteiger partial charge in [-0.25, -0.2) is 4.98 Å². The van der Waals surface area contributed by atoms with Crippen molar-refractivity contribution in [3.05, 3.63) is 36.0 Å². The molecule has 0 unspecified atom stereocenters. The minimum absolute atomic E-state index is 0.0274. The molecule has 190 valence electrons. The predicted octanol–water partition coefficient (Wildman–Crippen LogP) is 4.67. The Balaban J connectivity index is 1.26. The molecule has 1 aromatic carbocycles. The second kappa shape index (κ2) is 11.1. The average Bonchev–Trinajstić information content (AvgIpc) is 2.81. The van der Waals surface area contributed by atoms with Crippen molar-refractivity contribution in [2.24, 2.45) is 5.92 Å². The summed E-state index contributed by atoms with van der Waals surface area (Å²) in [5.41, 5.74) is -0.812. The van der Waals surface area contributed by atoms with Crippen molar-refractivity contribution < 1.29 is 32.2 Å². The Morgan fingerprint density at radius 2 is 1.89 bits per heavy atom. The summed E-state index contributed by atoms with van der Waals surface area (Å²) in [6.07, 6.45) is 1.32. The van der Waals surface area contributed by atoms with Crippen LogP contribution in [0.1, 0.15) is 44.1 Å². The number of rotatable bonds is 9. The van der Waals surface area contributed by atoms with Gasteiger partial charge in [-0.05, 0) is 56.2 Å². The lowest BCUT2D eigenvalue weighted by atomic mass is 9.84. The number of aromatic nitrogens is 2. The summed E-state index contributed by atoms with van der Waals surface area (Å²) in [7, 11) is 1.74. The van der Waals surface area contributed by atoms with Gasteiger partial charge >= 0.3 is 6.18 Å². The molecule has 0 spiro atoms. The highest BCUT2D eigenvalue weighted by Crippen LogP contribution is 2.36. The standard InChI is InChI=1S/C24H29F3N4O4/c1-28-23-29-11-10-22(31-23)35-17-6-2-15(3-7-17)4-9-21(32)30-19-12-16(24(25,26)27)5-8-20(19)34-18-13-33-14-18/h5,8,10-12,15,17-18H,2-4,6-7,9,13-14H2,1H3,(H,30,32)(H,28,29,31)/t15-,17-. The maximum Gasteiger partial charge on any atom is 0.416 e. The van der Waals surface area contributed by atoms with E-state index in [2.05, 4.69) is 20.6 Å². The number of carbonyl (C=O) groups excluding carboxylic acids is 1. The van der Waals surface area contributed by atoms with Gasteiger partial charge in [-0.2, -0.15) is 18.2 Å². The molecule has 2 heterocycles. The Labute approximate surface area is 201 Å².